The summed E-state index contributed by atoms with van der Waals surface area (Å²) in [6, 6.07) is 9.56. The fourth-order valence-electron chi connectivity index (χ4n) is 4.05. The van der Waals surface area contributed by atoms with Gasteiger partial charge in [0.2, 0.25) is 0 Å². The van der Waals surface area contributed by atoms with Crippen molar-refractivity contribution in [2.24, 2.45) is 0 Å². The summed E-state index contributed by atoms with van der Waals surface area (Å²) < 4.78 is 5.72. The number of carbonyl (C=O) groups is 2. The standard InChI is InChI=1S/C21H20ClNO3/c1-3-12-10-13(14-5-7-17(22)23-11-14)4-6-15(12)18-19(24)16-8-9-21(2,26-16)20(18)25/h4-7,10-11,16,18H,3,8-9H2,1-2H3/t16-,18?,21+/m0/s1. The van der Waals surface area contributed by atoms with Crippen molar-refractivity contribution in [3.8, 4) is 11.1 Å². The summed E-state index contributed by atoms with van der Waals surface area (Å²) in [4.78, 5) is 30.0. The van der Waals surface area contributed by atoms with Gasteiger partial charge in [0.1, 0.15) is 22.8 Å². The van der Waals surface area contributed by atoms with Gasteiger partial charge in [-0.15, -0.1) is 0 Å². The molecule has 1 aromatic carbocycles. The molecule has 0 amide bonds. The summed E-state index contributed by atoms with van der Waals surface area (Å²) in [5.74, 6) is -0.916. The van der Waals surface area contributed by atoms with Crippen molar-refractivity contribution in [3.63, 3.8) is 0 Å². The summed E-state index contributed by atoms with van der Waals surface area (Å²) in [5.41, 5.74) is 2.94. The Labute approximate surface area is 157 Å². The number of pyridine rings is 1. The molecule has 2 fully saturated rings. The van der Waals surface area contributed by atoms with Gasteiger partial charge in [-0.1, -0.05) is 36.7 Å². The number of hydrogen-bond acceptors (Lipinski definition) is 4. The maximum atomic E-state index is 13.0. The number of Topliss-reactive ketones (excluding diaryl/α,β-unsaturated/α-hetero) is 2. The SMILES string of the molecule is CCc1cc(-c2ccc(Cl)nc2)ccc1C1C(=O)[C@@H]2CC[C@@](C)(O2)C1=O. The highest BCUT2D eigenvalue weighted by Gasteiger charge is 2.55. The summed E-state index contributed by atoms with van der Waals surface area (Å²) in [5, 5.41) is 0.447. The van der Waals surface area contributed by atoms with Crippen LogP contribution in [0.3, 0.4) is 0 Å². The molecule has 0 N–H and O–H groups in total. The minimum atomic E-state index is -0.826. The van der Waals surface area contributed by atoms with Crippen LogP contribution in [-0.2, 0) is 20.7 Å². The van der Waals surface area contributed by atoms with Crippen LogP contribution in [0.25, 0.3) is 11.1 Å². The van der Waals surface area contributed by atoms with Gasteiger partial charge in [-0.3, -0.25) is 9.59 Å². The maximum Gasteiger partial charge on any atom is 0.179 e. The van der Waals surface area contributed by atoms with Crippen molar-refractivity contribution in [3.05, 3.63) is 52.8 Å². The van der Waals surface area contributed by atoms with Crippen LogP contribution in [-0.4, -0.2) is 28.3 Å². The number of ketones is 2. The molecule has 26 heavy (non-hydrogen) atoms. The molecule has 2 saturated heterocycles. The van der Waals surface area contributed by atoms with Crippen molar-refractivity contribution in [1.82, 2.24) is 4.98 Å². The molecule has 1 aromatic heterocycles. The summed E-state index contributed by atoms with van der Waals surface area (Å²) in [6.45, 7) is 3.85. The largest absolute Gasteiger partial charge is 0.356 e. The highest BCUT2D eigenvalue weighted by Crippen LogP contribution is 2.44. The van der Waals surface area contributed by atoms with Crippen LogP contribution in [0.4, 0.5) is 0 Å². The predicted octanol–water partition coefficient (Wildman–Crippen LogP) is 4.14. The molecule has 2 aromatic rings. The van der Waals surface area contributed by atoms with Crippen LogP contribution < -0.4 is 0 Å². The third-order valence-electron chi connectivity index (χ3n) is 5.57. The number of hydrogen-bond donors (Lipinski definition) is 0. The smallest absolute Gasteiger partial charge is 0.179 e. The number of rotatable bonds is 3. The normalized spacial score (nSPS) is 27.8. The average Bonchev–Trinajstić information content (AvgIpc) is 3.02. The lowest BCUT2D eigenvalue weighted by molar-refractivity contribution is -0.160. The number of ether oxygens (including phenoxy) is 1. The first-order valence-electron chi connectivity index (χ1n) is 8.93. The first kappa shape index (κ1) is 17.4. The molecule has 2 aliphatic heterocycles. The molecule has 1 unspecified atom stereocenters. The zero-order valence-corrected chi connectivity index (χ0v) is 15.5. The highest BCUT2D eigenvalue weighted by atomic mass is 35.5. The number of fused-ring (bicyclic) bond motifs is 2. The molecule has 4 nitrogen and oxygen atoms in total. The van der Waals surface area contributed by atoms with E-state index >= 15 is 0 Å². The molecule has 0 saturated carbocycles. The van der Waals surface area contributed by atoms with Gasteiger partial charge in [0, 0.05) is 11.8 Å². The van der Waals surface area contributed by atoms with Crippen molar-refractivity contribution < 1.29 is 14.3 Å². The Hall–Kier alpha value is -2.04. The lowest BCUT2D eigenvalue weighted by Crippen LogP contribution is -2.49. The van der Waals surface area contributed by atoms with Gasteiger partial charge in [-0.05, 0) is 55.0 Å². The fraction of sp³-hybridized carbons (Fsp3) is 0.381. The minimum Gasteiger partial charge on any atom is -0.356 e. The molecular formula is C21H20ClNO3. The van der Waals surface area contributed by atoms with Crippen molar-refractivity contribution in [2.75, 3.05) is 0 Å². The van der Waals surface area contributed by atoms with Crippen LogP contribution in [0.2, 0.25) is 5.15 Å². The second-order valence-corrected chi connectivity index (χ2v) is 7.60. The van der Waals surface area contributed by atoms with Crippen LogP contribution >= 0.6 is 11.6 Å². The van der Waals surface area contributed by atoms with Crippen LogP contribution in [0.15, 0.2) is 36.5 Å². The van der Waals surface area contributed by atoms with E-state index in [1.54, 1.807) is 12.3 Å². The van der Waals surface area contributed by atoms with E-state index in [1.807, 2.05) is 38.1 Å². The van der Waals surface area contributed by atoms with Crippen LogP contribution in [0.5, 0.6) is 0 Å². The second kappa shape index (κ2) is 6.29. The van der Waals surface area contributed by atoms with Gasteiger partial charge in [0.05, 0.1) is 0 Å². The summed E-state index contributed by atoms with van der Waals surface area (Å²) in [7, 11) is 0. The van der Waals surface area contributed by atoms with E-state index in [9.17, 15) is 9.59 Å². The Kier molecular flexibility index (Phi) is 4.20. The molecule has 3 atom stereocenters. The van der Waals surface area contributed by atoms with Crippen molar-refractivity contribution in [1.29, 1.82) is 0 Å². The molecule has 4 rings (SSSR count). The summed E-state index contributed by atoms with van der Waals surface area (Å²) in [6.07, 6.45) is 3.27. The minimum absolute atomic E-state index is 0.0967. The Balaban J connectivity index is 1.76. The molecule has 0 aliphatic carbocycles. The number of nitrogens with zero attached hydrogens (tertiary/aromatic N) is 1. The molecule has 5 heteroatoms. The fourth-order valence-corrected chi connectivity index (χ4v) is 4.17. The molecule has 2 aliphatic rings. The van der Waals surface area contributed by atoms with E-state index in [0.717, 1.165) is 28.7 Å². The lowest BCUT2D eigenvalue weighted by Gasteiger charge is -2.34. The van der Waals surface area contributed by atoms with Gasteiger partial charge < -0.3 is 4.74 Å². The number of benzene rings is 1. The first-order valence-corrected chi connectivity index (χ1v) is 9.31. The molecule has 0 radical (unpaired) electrons. The Morgan fingerprint density at radius 2 is 2.00 bits per heavy atom. The van der Waals surface area contributed by atoms with E-state index in [-0.39, 0.29) is 11.6 Å². The molecular weight excluding hydrogens is 350 g/mol. The first-order chi connectivity index (χ1) is 12.4. The molecule has 3 heterocycles. The van der Waals surface area contributed by atoms with Gasteiger partial charge in [-0.25, -0.2) is 4.98 Å². The topological polar surface area (TPSA) is 56.3 Å². The Morgan fingerprint density at radius 1 is 1.23 bits per heavy atom. The van der Waals surface area contributed by atoms with Crippen LogP contribution in [0, 0.1) is 0 Å². The van der Waals surface area contributed by atoms with E-state index in [1.165, 1.54) is 0 Å². The lowest BCUT2D eigenvalue weighted by atomic mass is 9.78. The van der Waals surface area contributed by atoms with Gasteiger partial charge >= 0.3 is 0 Å². The maximum absolute atomic E-state index is 13.0. The quantitative estimate of drug-likeness (QED) is 0.602. The van der Waals surface area contributed by atoms with E-state index < -0.39 is 17.6 Å². The number of carbonyl (C=O) groups excluding carboxylic acids is 2. The van der Waals surface area contributed by atoms with E-state index in [0.29, 0.717) is 18.0 Å². The summed E-state index contributed by atoms with van der Waals surface area (Å²) >= 11 is 5.86. The Bertz CT molecular complexity index is 893. The van der Waals surface area contributed by atoms with Crippen molar-refractivity contribution >= 4 is 23.2 Å². The van der Waals surface area contributed by atoms with Crippen LogP contribution in [0.1, 0.15) is 43.7 Å². The monoisotopic (exact) mass is 369 g/mol. The molecule has 134 valence electrons. The number of aryl methyl sites for hydroxylation is 1. The predicted molar refractivity (Wildman–Crippen MR) is 99.3 cm³/mol. The zero-order chi connectivity index (χ0) is 18.5. The molecule has 2 bridgehead atoms. The third kappa shape index (κ3) is 2.68. The number of halogens is 1. The van der Waals surface area contributed by atoms with E-state index in [4.69, 9.17) is 16.3 Å². The zero-order valence-electron chi connectivity index (χ0n) is 14.8. The highest BCUT2D eigenvalue weighted by molar-refractivity contribution is 6.29. The van der Waals surface area contributed by atoms with Gasteiger partial charge in [0.25, 0.3) is 0 Å². The van der Waals surface area contributed by atoms with Gasteiger partial charge in [-0.2, -0.15) is 0 Å². The average molecular weight is 370 g/mol. The second-order valence-electron chi connectivity index (χ2n) is 7.21. The van der Waals surface area contributed by atoms with Crippen molar-refractivity contribution in [2.45, 2.75) is 50.7 Å². The van der Waals surface area contributed by atoms with Gasteiger partial charge in [0.15, 0.2) is 11.6 Å². The number of aromatic nitrogens is 1. The Morgan fingerprint density at radius 3 is 2.69 bits per heavy atom. The molecule has 0 spiro atoms. The third-order valence-corrected chi connectivity index (χ3v) is 5.79. The van der Waals surface area contributed by atoms with E-state index in [2.05, 4.69) is 4.98 Å².